The topological polar surface area (TPSA) is 119 Å². The Bertz CT molecular complexity index is 781. The van der Waals surface area contributed by atoms with Crippen molar-refractivity contribution in [3.63, 3.8) is 0 Å². The Morgan fingerprint density at radius 3 is 2.79 bits per heavy atom. The largest absolute Gasteiger partial charge is 0.504 e. The number of rotatable bonds is 7. The number of ether oxygens (including phenoxy) is 1. The average Bonchev–Trinajstić information content (AvgIpc) is 3.00. The molecule has 0 radical (unpaired) electrons. The number of amides is 3. The molecular formula is C19H25N3O6. The summed E-state index contributed by atoms with van der Waals surface area (Å²) in [6, 6.07) is 2.69. The first-order valence-corrected chi connectivity index (χ1v) is 9.40. The molecule has 1 fully saturated rings. The molecule has 0 aromatic heterocycles. The fraction of sp³-hybridized carbons (Fsp3) is 0.526. The van der Waals surface area contributed by atoms with Gasteiger partial charge in [0.05, 0.1) is 12.8 Å². The molecule has 152 valence electrons. The number of hydrogen-bond donors (Lipinski definition) is 3. The Labute approximate surface area is 162 Å². The van der Waals surface area contributed by atoms with Crippen molar-refractivity contribution in [2.24, 2.45) is 0 Å². The maximum atomic E-state index is 13.2. The highest BCUT2D eigenvalue weighted by Crippen LogP contribution is 2.39. The number of benzene rings is 1. The number of hydrogen-bond acceptors (Lipinski definition) is 6. The van der Waals surface area contributed by atoms with Crippen molar-refractivity contribution in [2.45, 2.75) is 51.1 Å². The minimum absolute atomic E-state index is 0.0336. The van der Waals surface area contributed by atoms with Crippen molar-refractivity contribution >= 4 is 23.4 Å². The molecular weight excluding hydrogens is 366 g/mol. The maximum absolute atomic E-state index is 13.2. The number of phenolic OH excluding ortho intramolecular Hbond substituents is 1. The van der Waals surface area contributed by atoms with Crippen LogP contribution in [-0.2, 0) is 20.9 Å². The van der Waals surface area contributed by atoms with E-state index in [0.29, 0.717) is 49.9 Å². The first kappa shape index (κ1) is 19.9. The smallest absolute Gasteiger partial charge is 0.249 e. The zero-order chi connectivity index (χ0) is 20.3. The number of hydroxylamine groups is 1. The van der Waals surface area contributed by atoms with E-state index < -0.39 is 11.9 Å². The number of aromatic hydroxyl groups is 1. The van der Waals surface area contributed by atoms with Crippen LogP contribution in [0.2, 0.25) is 0 Å². The third-order valence-corrected chi connectivity index (χ3v) is 5.30. The fourth-order valence-electron chi connectivity index (χ4n) is 3.83. The first-order valence-electron chi connectivity index (χ1n) is 9.40. The Kier molecular flexibility index (Phi) is 6.03. The summed E-state index contributed by atoms with van der Waals surface area (Å²) >= 11 is 0. The van der Waals surface area contributed by atoms with E-state index in [1.165, 1.54) is 7.11 Å². The van der Waals surface area contributed by atoms with Crippen LogP contribution in [0.4, 0.5) is 5.69 Å². The van der Waals surface area contributed by atoms with Crippen LogP contribution in [-0.4, -0.2) is 52.6 Å². The molecule has 2 heterocycles. The molecule has 3 amide bonds. The number of phenols is 1. The predicted molar refractivity (Wildman–Crippen MR) is 99.0 cm³/mol. The van der Waals surface area contributed by atoms with E-state index >= 15 is 0 Å². The number of fused-ring (bicyclic) bond motifs is 2. The fourth-order valence-corrected chi connectivity index (χ4v) is 3.83. The molecule has 1 aromatic carbocycles. The van der Waals surface area contributed by atoms with E-state index in [1.54, 1.807) is 27.4 Å². The van der Waals surface area contributed by atoms with Crippen LogP contribution >= 0.6 is 0 Å². The summed E-state index contributed by atoms with van der Waals surface area (Å²) in [6.45, 7) is 0.703. The lowest BCUT2D eigenvalue weighted by molar-refractivity contribution is -0.134. The first-order chi connectivity index (χ1) is 13.5. The molecule has 1 saturated heterocycles. The van der Waals surface area contributed by atoms with Gasteiger partial charge < -0.3 is 19.6 Å². The number of carbonyl (C=O) groups is 3. The summed E-state index contributed by atoms with van der Waals surface area (Å²) in [4.78, 5) is 39.7. The third kappa shape index (κ3) is 3.89. The van der Waals surface area contributed by atoms with E-state index in [2.05, 4.69) is 0 Å². The molecule has 9 heteroatoms. The summed E-state index contributed by atoms with van der Waals surface area (Å²) < 4.78 is 5.20. The van der Waals surface area contributed by atoms with Crippen LogP contribution in [0.1, 0.15) is 44.1 Å². The Morgan fingerprint density at radius 2 is 2.07 bits per heavy atom. The molecule has 1 aromatic rings. The molecule has 1 atom stereocenters. The lowest BCUT2D eigenvalue weighted by Gasteiger charge is -2.26. The zero-order valence-corrected chi connectivity index (χ0v) is 15.8. The molecule has 0 unspecified atom stereocenters. The van der Waals surface area contributed by atoms with Gasteiger partial charge >= 0.3 is 0 Å². The minimum Gasteiger partial charge on any atom is -0.504 e. The van der Waals surface area contributed by atoms with Gasteiger partial charge in [0.1, 0.15) is 6.04 Å². The Balaban J connectivity index is 1.82. The van der Waals surface area contributed by atoms with Gasteiger partial charge in [-0.25, -0.2) is 5.48 Å². The number of unbranched alkanes of at least 4 members (excludes halogenated alkanes) is 2. The standard InChI is InChI=1S/C19H25N3O6/c1-28-16-10-14-12(9-15(16)23)11-22-13(6-7-18(22)25)19(26)21(14)8-4-2-3-5-17(24)20-27/h9-10,13,23,27H,2-8,11H2,1H3,(H,20,24)/t13-/m0/s1. The van der Waals surface area contributed by atoms with Crippen molar-refractivity contribution in [3.05, 3.63) is 17.7 Å². The van der Waals surface area contributed by atoms with E-state index in [1.807, 2.05) is 0 Å². The van der Waals surface area contributed by atoms with Gasteiger partial charge in [-0.05, 0) is 30.9 Å². The highest BCUT2D eigenvalue weighted by Gasteiger charge is 2.41. The van der Waals surface area contributed by atoms with Gasteiger partial charge in [-0.3, -0.25) is 19.6 Å². The van der Waals surface area contributed by atoms with Crippen molar-refractivity contribution in [1.82, 2.24) is 10.4 Å². The van der Waals surface area contributed by atoms with Gasteiger partial charge in [0.25, 0.3) is 0 Å². The highest BCUT2D eigenvalue weighted by atomic mass is 16.5. The summed E-state index contributed by atoms with van der Waals surface area (Å²) in [5.41, 5.74) is 2.93. The number of anilines is 1. The van der Waals surface area contributed by atoms with Gasteiger partial charge in [0.15, 0.2) is 11.5 Å². The van der Waals surface area contributed by atoms with Crippen LogP contribution in [0, 0.1) is 0 Å². The van der Waals surface area contributed by atoms with Gasteiger partial charge in [-0.1, -0.05) is 6.42 Å². The third-order valence-electron chi connectivity index (χ3n) is 5.30. The van der Waals surface area contributed by atoms with E-state index in [4.69, 9.17) is 9.94 Å². The van der Waals surface area contributed by atoms with Gasteiger partial charge in [0, 0.05) is 32.0 Å². The number of nitrogens with zero attached hydrogens (tertiary/aromatic N) is 2. The molecule has 0 saturated carbocycles. The molecule has 2 aliphatic heterocycles. The van der Waals surface area contributed by atoms with Crippen LogP contribution in [0.25, 0.3) is 0 Å². The average molecular weight is 391 g/mol. The Hall–Kier alpha value is -2.81. The quantitative estimate of drug-likeness (QED) is 0.366. The van der Waals surface area contributed by atoms with Gasteiger partial charge in [-0.15, -0.1) is 0 Å². The van der Waals surface area contributed by atoms with Crippen LogP contribution in [0.5, 0.6) is 11.5 Å². The van der Waals surface area contributed by atoms with Gasteiger partial charge in [-0.2, -0.15) is 0 Å². The zero-order valence-electron chi connectivity index (χ0n) is 15.8. The van der Waals surface area contributed by atoms with Crippen molar-refractivity contribution in [3.8, 4) is 11.5 Å². The SMILES string of the molecule is COc1cc2c(cc1O)CN1C(=O)CC[C@H]1C(=O)N2CCCCCC(=O)NO. The maximum Gasteiger partial charge on any atom is 0.249 e. The van der Waals surface area contributed by atoms with Crippen LogP contribution in [0.15, 0.2) is 12.1 Å². The van der Waals surface area contributed by atoms with E-state index in [-0.39, 0.29) is 36.3 Å². The number of nitrogens with one attached hydrogen (secondary N) is 1. The molecule has 0 aliphatic carbocycles. The van der Waals surface area contributed by atoms with Crippen LogP contribution < -0.4 is 15.1 Å². The second-order valence-corrected chi connectivity index (χ2v) is 7.06. The summed E-state index contributed by atoms with van der Waals surface area (Å²) in [7, 11) is 1.44. The second kappa shape index (κ2) is 8.47. The van der Waals surface area contributed by atoms with Crippen molar-refractivity contribution in [2.75, 3.05) is 18.6 Å². The molecule has 2 aliphatic rings. The van der Waals surface area contributed by atoms with E-state index in [0.717, 1.165) is 0 Å². The van der Waals surface area contributed by atoms with E-state index in [9.17, 15) is 19.5 Å². The normalized spacial score (nSPS) is 18.6. The lowest BCUT2D eigenvalue weighted by Crippen LogP contribution is -2.44. The summed E-state index contributed by atoms with van der Waals surface area (Å²) in [6.07, 6.45) is 3.00. The highest BCUT2D eigenvalue weighted by molar-refractivity contribution is 6.02. The monoisotopic (exact) mass is 391 g/mol. The van der Waals surface area contributed by atoms with Crippen LogP contribution in [0.3, 0.4) is 0 Å². The van der Waals surface area contributed by atoms with Crippen molar-refractivity contribution < 1.29 is 29.4 Å². The molecule has 28 heavy (non-hydrogen) atoms. The summed E-state index contributed by atoms with van der Waals surface area (Å²) in [5.74, 6) is -0.392. The number of methoxy groups -OCH3 is 1. The summed E-state index contributed by atoms with van der Waals surface area (Å²) in [5, 5.41) is 18.7. The molecule has 9 nitrogen and oxygen atoms in total. The molecule has 3 rings (SSSR count). The second-order valence-electron chi connectivity index (χ2n) is 7.06. The van der Waals surface area contributed by atoms with Crippen molar-refractivity contribution in [1.29, 1.82) is 0 Å². The predicted octanol–water partition coefficient (Wildman–Crippen LogP) is 1.30. The lowest BCUT2D eigenvalue weighted by atomic mass is 10.1. The molecule has 0 bridgehead atoms. The molecule has 3 N–H and O–H groups in total. The molecule has 0 spiro atoms. The van der Waals surface area contributed by atoms with Gasteiger partial charge in [0.2, 0.25) is 17.7 Å². The Morgan fingerprint density at radius 1 is 1.29 bits per heavy atom. The minimum atomic E-state index is -0.492. The number of carbonyl (C=O) groups excluding carboxylic acids is 3.